The Morgan fingerprint density at radius 1 is 1.35 bits per heavy atom. The summed E-state index contributed by atoms with van der Waals surface area (Å²) < 4.78 is 0. The lowest BCUT2D eigenvalue weighted by atomic mass is 10.1. The number of benzene rings is 1. The topological polar surface area (TPSA) is 38.7 Å². The Kier molecular flexibility index (Phi) is 5.70. The van der Waals surface area contributed by atoms with Crippen molar-refractivity contribution >= 4 is 22.6 Å². The van der Waals surface area contributed by atoms with Crippen LogP contribution in [0.15, 0.2) is 35.5 Å². The quantitative estimate of drug-likeness (QED) is 0.443. The van der Waals surface area contributed by atoms with Crippen molar-refractivity contribution in [1.29, 1.82) is 0 Å². The molecule has 0 unspecified atom stereocenters. The van der Waals surface area contributed by atoms with E-state index in [2.05, 4.69) is 5.16 Å². The molecule has 0 aliphatic carbocycles. The van der Waals surface area contributed by atoms with Gasteiger partial charge in [0.2, 0.25) is 0 Å². The highest BCUT2D eigenvalue weighted by Crippen LogP contribution is 2.06. The summed E-state index contributed by atoms with van der Waals surface area (Å²) in [5.74, 6) is 0.316. The molecule has 0 bridgehead atoms. The van der Waals surface area contributed by atoms with E-state index in [0.717, 1.165) is 5.56 Å². The van der Waals surface area contributed by atoms with Gasteiger partial charge in [0, 0.05) is 6.42 Å². The van der Waals surface area contributed by atoms with Gasteiger partial charge in [-0.3, -0.25) is 4.79 Å². The molecule has 1 rings (SSSR count). The van der Waals surface area contributed by atoms with Crippen LogP contribution in [0, 0.1) is 5.92 Å². The highest BCUT2D eigenvalue weighted by Gasteiger charge is 2.11. The lowest BCUT2D eigenvalue weighted by molar-refractivity contribution is -0.106. The Bertz CT molecular complexity index is 388. The predicted molar refractivity (Wildman–Crippen MR) is 69.0 cm³/mol. The minimum Gasteiger partial charge on any atom is -0.391 e. The third-order valence-electron chi connectivity index (χ3n) is 2.08. The minimum absolute atomic E-state index is 0.276. The van der Waals surface area contributed by atoms with E-state index in [0.29, 0.717) is 18.9 Å². The van der Waals surface area contributed by atoms with Crippen LogP contribution in [0.1, 0.15) is 25.8 Å². The summed E-state index contributed by atoms with van der Waals surface area (Å²) in [6.45, 7) is 4.33. The zero-order valence-corrected chi connectivity index (χ0v) is 10.8. The average Bonchev–Trinajstić information content (AvgIpc) is 2.28. The summed E-state index contributed by atoms with van der Waals surface area (Å²) in [5, 5.41) is 3.24. The molecule has 0 atom stereocenters. The fourth-order valence-corrected chi connectivity index (χ4v) is 1.41. The van der Waals surface area contributed by atoms with Gasteiger partial charge >= 0.3 is 0 Å². The molecule has 4 heteroatoms. The van der Waals surface area contributed by atoms with Crippen molar-refractivity contribution in [2.45, 2.75) is 26.9 Å². The van der Waals surface area contributed by atoms with Gasteiger partial charge < -0.3 is 4.84 Å². The first-order valence-electron chi connectivity index (χ1n) is 5.52. The second-order valence-electron chi connectivity index (χ2n) is 4.17. The van der Waals surface area contributed by atoms with E-state index in [4.69, 9.17) is 16.4 Å². The van der Waals surface area contributed by atoms with Crippen LogP contribution in [0.25, 0.3) is 0 Å². The second kappa shape index (κ2) is 7.07. The largest absolute Gasteiger partial charge is 0.391 e. The van der Waals surface area contributed by atoms with E-state index >= 15 is 0 Å². The number of nitrogens with zero attached hydrogens (tertiary/aromatic N) is 1. The van der Waals surface area contributed by atoms with Crippen molar-refractivity contribution in [3.8, 4) is 0 Å². The number of rotatable bonds is 6. The van der Waals surface area contributed by atoms with Crippen LogP contribution < -0.4 is 0 Å². The van der Waals surface area contributed by atoms with E-state index < -0.39 is 5.24 Å². The standard InChI is InChI=1S/C13H16ClNO2/c1-10(2)8-12(13(14)16)15-17-9-11-6-4-3-5-7-11/h3-7,10H,8-9H2,1-2H3. The summed E-state index contributed by atoms with van der Waals surface area (Å²) in [6, 6.07) is 9.63. The molecule has 92 valence electrons. The highest BCUT2D eigenvalue weighted by molar-refractivity contribution is 6.82. The first kappa shape index (κ1) is 13.7. The highest BCUT2D eigenvalue weighted by atomic mass is 35.5. The summed E-state index contributed by atoms with van der Waals surface area (Å²) >= 11 is 5.42. The van der Waals surface area contributed by atoms with E-state index in [-0.39, 0.29) is 5.71 Å². The molecule has 0 aromatic heterocycles. The van der Waals surface area contributed by atoms with Crippen LogP contribution in [0.3, 0.4) is 0 Å². The van der Waals surface area contributed by atoms with E-state index in [1.165, 1.54) is 0 Å². The first-order chi connectivity index (χ1) is 8.09. The Labute approximate surface area is 106 Å². The molecule has 0 amide bonds. The number of oxime groups is 1. The van der Waals surface area contributed by atoms with Gasteiger partial charge in [0.05, 0.1) is 0 Å². The number of hydrogen-bond donors (Lipinski definition) is 0. The van der Waals surface area contributed by atoms with E-state index in [1.54, 1.807) is 0 Å². The molecule has 0 aliphatic heterocycles. The summed E-state index contributed by atoms with van der Waals surface area (Å²) in [7, 11) is 0. The molecule has 17 heavy (non-hydrogen) atoms. The maximum Gasteiger partial charge on any atom is 0.270 e. The zero-order chi connectivity index (χ0) is 12.7. The molecule has 1 aromatic rings. The molecule has 0 saturated carbocycles. The van der Waals surface area contributed by atoms with Crippen LogP contribution in [-0.2, 0) is 16.2 Å². The van der Waals surface area contributed by atoms with Crippen LogP contribution >= 0.6 is 11.6 Å². The van der Waals surface area contributed by atoms with Crippen molar-refractivity contribution in [3.63, 3.8) is 0 Å². The second-order valence-corrected chi connectivity index (χ2v) is 4.51. The fourth-order valence-electron chi connectivity index (χ4n) is 1.30. The first-order valence-corrected chi connectivity index (χ1v) is 5.90. The number of hydrogen-bond acceptors (Lipinski definition) is 3. The lowest BCUT2D eigenvalue weighted by Crippen LogP contribution is -2.11. The van der Waals surface area contributed by atoms with E-state index in [1.807, 2.05) is 44.2 Å². The average molecular weight is 254 g/mol. The molecule has 0 fully saturated rings. The van der Waals surface area contributed by atoms with Gasteiger partial charge in [-0.2, -0.15) is 0 Å². The van der Waals surface area contributed by atoms with Crippen molar-refractivity contribution in [2.24, 2.45) is 11.1 Å². The van der Waals surface area contributed by atoms with Gasteiger partial charge in [-0.05, 0) is 23.1 Å². The van der Waals surface area contributed by atoms with Gasteiger partial charge in [0.1, 0.15) is 12.3 Å². The third-order valence-corrected chi connectivity index (χ3v) is 2.30. The van der Waals surface area contributed by atoms with Gasteiger partial charge in [-0.25, -0.2) is 0 Å². The molecular formula is C13H16ClNO2. The summed E-state index contributed by atoms with van der Waals surface area (Å²) in [6.07, 6.45) is 0.525. The smallest absolute Gasteiger partial charge is 0.270 e. The van der Waals surface area contributed by atoms with Crippen molar-refractivity contribution < 1.29 is 9.63 Å². The molecule has 0 radical (unpaired) electrons. The monoisotopic (exact) mass is 253 g/mol. The van der Waals surface area contributed by atoms with Gasteiger partial charge in [0.15, 0.2) is 0 Å². The van der Waals surface area contributed by atoms with Crippen molar-refractivity contribution in [1.82, 2.24) is 0 Å². The maximum atomic E-state index is 11.1. The summed E-state index contributed by atoms with van der Waals surface area (Å²) in [5.41, 5.74) is 1.28. The number of carbonyl (C=O) groups is 1. The van der Waals surface area contributed by atoms with Crippen molar-refractivity contribution in [2.75, 3.05) is 0 Å². The Morgan fingerprint density at radius 3 is 2.53 bits per heavy atom. The Hall–Kier alpha value is -1.35. The lowest BCUT2D eigenvalue weighted by Gasteiger charge is -2.05. The van der Waals surface area contributed by atoms with E-state index in [9.17, 15) is 4.79 Å². The fraction of sp³-hybridized carbons (Fsp3) is 0.385. The van der Waals surface area contributed by atoms with Crippen LogP contribution in [0.2, 0.25) is 0 Å². The molecule has 1 aromatic carbocycles. The SMILES string of the molecule is CC(C)CC(=NOCc1ccccc1)C(=O)Cl. The normalized spacial score (nSPS) is 11.6. The molecule has 0 saturated heterocycles. The molecule has 0 aliphatic rings. The molecule has 0 heterocycles. The Morgan fingerprint density at radius 2 is 2.00 bits per heavy atom. The Balaban J connectivity index is 2.52. The number of halogens is 1. The maximum absolute atomic E-state index is 11.1. The van der Waals surface area contributed by atoms with Crippen LogP contribution in [0.5, 0.6) is 0 Å². The predicted octanol–water partition coefficient (Wildman–Crippen LogP) is 3.37. The number of carbonyl (C=O) groups excluding carboxylic acids is 1. The van der Waals surface area contributed by atoms with Gasteiger partial charge in [-0.1, -0.05) is 49.3 Å². The zero-order valence-electron chi connectivity index (χ0n) is 10.0. The minimum atomic E-state index is -0.549. The summed E-state index contributed by atoms with van der Waals surface area (Å²) in [4.78, 5) is 16.2. The molecule has 0 spiro atoms. The van der Waals surface area contributed by atoms with Crippen LogP contribution in [0.4, 0.5) is 0 Å². The van der Waals surface area contributed by atoms with Gasteiger partial charge in [0.25, 0.3) is 5.24 Å². The van der Waals surface area contributed by atoms with Crippen LogP contribution in [-0.4, -0.2) is 11.0 Å². The molecule has 0 N–H and O–H groups in total. The third kappa shape index (κ3) is 5.50. The van der Waals surface area contributed by atoms with Gasteiger partial charge in [-0.15, -0.1) is 0 Å². The molecule has 3 nitrogen and oxygen atoms in total. The molecular weight excluding hydrogens is 238 g/mol. The van der Waals surface area contributed by atoms with Crippen molar-refractivity contribution in [3.05, 3.63) is 35.9 Å².